The van der Waals surface area contributed by atoms with Gasteiger partial charge < -0.3 is 5.73 Å². The maximum atomic E-state index is 12.4. The van der Waals surface area contributed by atoms with Crippen LogP contribution < -0.4 is 5.73 Å². The van der Waals surface area contributed by atoms with Crippen molar-refractivity contribution in [2.24, 2.45) is 0 Å². The van der Waals surface area contributed by atoms with Crippen molar-refractivity contribution in [3.05, 3.63) is 54.5 Å². The van der Waals surface area contributed by atoms with Crippen LogP contribution in [0.3, 0.4) is 0 Å². The second kappa shape index (κ2) is 4.61. The fourth-order valence-corrected chi connectivity index (χ4v) is 3.43. The summed E-state index contributed by atoms with van der Waals surface area (Å²) in [6.07, 6.45) is 2.71. The molecule has 0 aliphatic rings. The van der Waals surface area contributed by atoms with Gasteiger partial charge in [-0.15, -0.1) is 0 Å². The zero-order chi connectivity index (χ0) is 14.2. The summed E-state index contributed by atoms with van der Waals surface area (Å²) in [5.41, 5.74) is 6.72. The highest BCUT2D eigenvalue weighted by molar-refractivity contribution is 7.89. The van der Waals surface area contributed by atoms with Crippen molar-refractivity contribution < 1.29 is 8.42 Å². The van der Waals surface area contributed by atoms with Gasteiger partial charge in [0, 0.05) is 6.20 Å². The fourth-order valence-electron chi connectivity index (χ4n) is 2.03. The topological polar surface area (TPSA) is 90.9 Å². The smallest absolute Gasteiger partial charge is 0.244 e. The summed E-state index contributed by atoms with van der Waals surface area (Å²) in [4.78, 5) is 7.85. The van der Waals surface area contributed by atoms with E-state index in [1.807, 2.05) is 6.07 Å². The predicted octanol–water partition coefficient (Wildman–Crippen LogP) is 1.39. The first-order valence-corrected chi connectivity index (χ1v) is 7.53. The van der Waals surface area contributed by atoms with Crippen LogP contribution in [0.15, 0.2) is 48.9 Å². The third-order valence-corrected chi connectivity index (χ3v) is 4.56. The van der Waals surface area contributed by atoms with Crippen LogP contribution in [0.4, 0.5) is 5.82 Å². The Morgan fingerprint density at radius 1 is 1.10 bits per heavy atom. The predicted molar refractivity (Wildman–Crippen MR) is 76.4 cm³/mol. The number of anilines is 1. The average Bonchev–Trinajstić information content (AvgIpc) is 2.85. The Labute approximate surface area is 115 Å². The van der Waals surface area contributed by atoms with Gasteiger partial charge in [0.05, 0.1) is 11.1 Å². The van der Waals surface area contributed by atoms with Gasteiger partial charge in [-0.1, -0.05) is 30.3 Å². The zero-order valence-electron chi connectivity index (χ0n) is 10.5. The molecular weight excluding hydrogens is 276 g/mol. The van der Waals surface area contributed by atoms with E-state index in [1.165, 1.54) is 12.5 Å². The molecule has 20 heavy (non-hydrogen) atoms. The molecule has 2 N–H and O–H groups in total. The van der Waals surface area contributed by atoms with Crippen molar-refractivity contribution in [3.8, 4) is 0 Å². The lowest BCUT2D eigenvalue weighted by Crippen LogP contribution is -2.14. The van der Waals surface area contributed by atoms with Crippen LogP contribution in [0.5, 0.6) is 0 Å². The summed E-state index contributed by atoms with van der Waals surface area (Å²) in [5.74, 6) is 0.172. The van der Waals surface area contributed by atoms with Crippen molar-refractivity contribution in [2.75, 3.05) is 5.73 Å². The van der Waals surface area contributed by atoms with Crippen molar-refractivity contribution in [2.45, 2.75) is 5.75 Å². The highest BCUT2D eigenvalue weighted by atomic mass is 32.2. The molecule has 0 atom stereocenters. The van der Waals surface area contributed by atoms with Crippen molar-refractivity contribution in [1.82, 2.24) is 13.9 Å². The molecule has 0 aliphatic heterocycles. The summed E-state index contributed by atoms with van der Waals surface area (Å²) in [5, 5.41) is 0.532. The minimum absolute atomic E-state index is 0.0957. The Bertz CT molecular complexity index is 856. The Kier molecular flexibility index (Phi) is 2.90. The summed E-state index contributed by atoms with van der Waals surface area (Å²) in [6.45, 7) is 0. The first kappa shape index (κ1) is 12.6. The number of benzene rings is 1. The van der Waals surface area contributed by atoms with E-state index < -0.39 is 10.0 Å². The Hall–Kier alpha value is -2.41. The zero-order valence-corrected chi connectivity index (χ0v) is 11.3. The van der Waals surface area contributed by atoms with Crippen molar-refractivity contribution in [3.63, 3.8) is 0 Å². The third-order valence-electron chi connectivity index (χ3n) is 2.97. The minimum atomic E-state index is -3.54. The highest BCUT2D eigenvalue weighted by Crippen LogP contribution is 2.20. The molecule has 3 aromatic rings. The van der Waals surface area contributed by atoms with E-state index in [9.17, 15) is 8.42 Å². The number of hydrogen-bond acceptors (Lipinski definition) is 5. The molecule has 0 aliphatic carbocycles. The normalized spacial score (nSPS) is 11.8. The second-order valence-electron chi connectivity index (χ2n) is 4.35. The van der Waals surface area contributed by atoms with Crippen LogP contribution in [0.2, 0.25) is 0 Å². The molecule has 2 aromatic heterocycles. The van der Waals surface area contributed by atoms with E-state index in [0.29, 0.717) is 11.0 Å². The molecule has 0 radical (unpaired) electrons. The molecule has 0 unspecified atom stereocenters. The number of aromatic nitrogens is 3. The fraction of sp³-hybridized carbons (Fsp3) is 0.0769. The molecular formula is C13H12N4O2S. The van der Waals surface area contributed by atoms with Gasteiger partial charge in [-0.2, -0.15) is 0 Å². The molecule has 6 nitrogen and oxygen atoms in total. The molecule has 0 spiro atoms. The van der Waals surface area contributed by atoms with Crippen LogP contribution in [0.1, 0.15) is 5.56 Å². The van der Waals surface area contributed by atoms with E-state index in [2.05, 4.69) is 9.97 Å². The third kappa shape index (κ3) is 2.12. The molecule has 0 saturated carbocycles. The van der Waals surface area contributed by atoms with Crippen LogP contribution in [-0.4, -0.2) is 22.4 Å². The van der Waals surface area contributed by atoms with Gasteiger partial charge in [0.25, 0.3) is 0 Å². The number of nitrogen functional groups attached to an aromatic ring is 1. The van der Waals surface area contributed by atoms with Crippen LogP contribution in [-0.2, 0) is 15.8 Å². The molecule has 0 fully saturated rings. The first-order valence-electron chi connectivity index (χ1n) is 5.92. The number of hydrogen-bond donors (Lipinski definition) is 1. The Morgan fingerprint density at radius 3 is 2.60 bits per heavy atom. The van der Waals surface area contributed by atoms with Gasteiger partial charge in [-0.25, -0.2) is 22.4 Å². The average molecular weight is 288 g/mol. The number of rotatable bonds is 3. The van der Waals surface area contributed by atoms with Gasteiger partial charge in [-0.3, -0.25) is 0 Å². The summed E-state index contributed by atoms with van der Waals surface area (Å²) >= 11 is 0. The molecule has 2 heterocycles. The van der Waals surface area contributed by atoms with Crippen molar-refractivity contribution >= 4 is 26.9 Å². The van der Waals surface area contributed by atoms with Crippen LogP contribution in [0.25, 0.3) is 11.0 Å². The molecule has 0 amide bonds. The maximum Gasteiger partial charge on any atom is 0.244 e. The second-order valence-corrected chi connectivity index (χ2v) is 6.20. The van der Waals surface area contributed by atoms with Gasteiger partial charge in [0.15, 0.2) is 5.65 Å². The Morgan fingerprint density at radius 2 is 1.85 bits per heavy atom. The van der Waals surface area contributed by atoms with Gasteiger partial charge in [0.2, 0.25) is 10.0 Å². The number of fused-ring (bicyclic) bond motifs is 1. The van der Waals surface area contributed by atoms with Crippen molar-refractivity contribution in [1.29, 1.82) is 0 Å². The van der Waals surface area contributed by atoms with E-state index >= 15 is 0 Å². The highest BCUT2D eigenvalue weighted by Gasteiger charge is 2.18. The van der Waals surface area contributed by atoms with Gasteiger partial charge in [-0.05, 0) is 11.6 Å². The molecule has 7 heteroatoms. The molecule has 1 aromatic carbocycles. The lowest BCUT2D eigenvalue weighted by Gasteiger charge is -2.07. The summed E-state index contributed by atoms with van der Waals surface area (Å²) in [7, 11) is -3.54. The maximum absolute atomic E-state index is 12.4. The quantitative estimate of drug-likeness (QED) is 0.786. The first-order chi connectivity index (χ1) is 9.58. The summed E-state index contributed by atoms with van der Waals surface area (Å²) < 4.78 is 26.0. The standard InChI is InChI=1S/C13H12N4O2S/c14-12-11-6-7-17(13(11)16-9-15-12)20(18,19)8-10-4-2-1-3-5-10/h1-7,9H,8H2,(H2,14,15,16). The monoisotopic (exact) mass is 288 g/mol. The van der Waals surface area contributed by atoms with E-state index in [1.54, 1.807) is 30.3 Å². The number of nitrogens with two attached hydrogens (primary N) is 1. The number of nitrogens with zero attached hydrogens (tertiary/aromatic N) is 3. The molecule has 3 rings (SSSR count). The van der Waals surface area contributed by atoms with Crippen LogP contribution >= 0.6 is 0 Å². The van der Waals surface area contributed by atoms with E-state index in [4.69, 9.17) is 5.73 Å². The Balaban J connectivity index is 2.08. The molecule has 102 valence electrons. The lowest BCUT2D eigenvalue weighted by molar-refractivity contribution is 0.588. The van der Waals surface area contributed by atoms with E-state index in [-0.39, 0.29) is 11.6 Å². The largest absolute Gasteiger partial charge is 0.383 e. The minimum Gasteiger partial charge on any atom is -0.383 e. The van der Waals surface area contributed by atoms with E-state index in [0.717, 1.165) is 9.54 Å². The van der Waals surface area contributed by atoms with Gasteiger partial charge >= 0.3 is 0 Å². The molecule has 0 saturated heterocycles. The summed E-state index contributed by atoms with van der Waals surface area (Å²) in [6, 6.07) is 10.6. The van der Waals surface area contributed by atoms with Crippen LogP contribution in [0, 0.1) is 0 Å². The lowest BCUT2D eigenvalue weighted by atomic mass is 10.2. The van der Waals surface area contributed by atoms with Gasteiger partial charge in [0.1, 0.15) is 12.1 Å². The molecule has 0 bridgehead atoms. The SMILES string of the molecule is Nc1ncnc2c1ccn2S(=O)(=O)Cc1ccccc1.